The molecule has 3 nitrogen and oxygen atoms in total. The first kappa shape index (κ1) is 13.0. The number of amidine groups is 1. The summed E-state index contributed by atoms with van der Waals surface area (Å²) >= 11 is 5.99. The first-order valence-electron chi connectivity index (χ1n) is 6.57. The van der Waals surface area contributed by atoms with Gasteiger partial charge >= 0.3 is 0 Å². The number of aryl methyl sites for hydroxylation is 2. The van der Waals surface area contributed by atoms with Crippen molar-refractivity contribution in [2.45, 2.75) is 19.3 Å². The van der Waals surface area contributed by atoms with Crippen molar-refractivity contribution in [1.29, 1.82) is 5.41 Å². The van der Waals surface area contributed by atoms with Crippen LogP contribution < -0.4 is 10.5 Å². The van der Waals surface area contributed by atoms with E-state index in [0.717, 1.165) is 18.6 Å². The Morgan fingerprint density at radius 1 is 1.10 bits per heavy atom. The van der Waals surface area contributed by atoms with Crippen molar-refractivity contribution in [3.8, 4) is 11.5 Å². The Morgan fingerprint density at radius 2 is 1.90 bits per heavy atom. The van der Waals surface area contributed by atoms with Crippen molar-refractivity contribution in [3.63, 3.8) is 0 Å². The topological polar surface area (TPSA) is 59.1 Å². The van der Waals surface area contributed by atoms with Crippen LogP contribution in [0.2, 0.25) is 5.02 Å². The lowest BCUT2D eigenvalue weighted by atomic mass is 10.1. The second-order valence-electron chi connectivity index (χ2n) is 4.94. The maximum Gasteiger partial charge on any atom is 0.139 e. The number of ether oxygens (including phenoxy) is 1. The van der Waals surface area contributed by atoms with Gasteiger partial charge in [-0.2, -0.15) is 0 Å². The standard InChI is InChI=1S/C16H15ClN2O/c17-12-5-7-14(16(18)19)15(9-12)20-13-6-4-10-2-1-3-11(10)8-13/h4-9H,1-3H2,(H3,18,19). The summed E-state index contributed by atoms with van der Waals surface area (Å²) < 4.78 is 5.87. The second kappa shape index (κ2) is 5.17. The van der Waals surface area contributed by atoms with Gasteiger partial charge in [0, 0.05) is 11.1 Å². The molecule has 1 aliphatic rings. The van der Waals surface area contributed by atoms with E-state index in [0.29, 0.717) is 16.3 Å². The molecular formula is C16H15ClN2O. The van der Waals surface area contributed by atoms with Crippen molar-refractivity contribution in [1.82, 2.24) is 0 Å². The van der Waals surface area contributed by atoms with E-state index in [1.807, 2.05) is 6.07 Å². The Balaban J connectivity index is 1.95. The number of nitrogens with two attached hydrogens (primary N) is 1. The number of nitrogen functional groups attached to an aromatic ring is 1. The van der Waals surface area contributed by atoms with E-state index in [9.17, 15) is 0 Å². The highest BCUT2D eigenvalue weighted by molar-refractivity contribution is 6.30. The van der Waals surface area contributed by atoms with E-state index in [2.05, 4.69) is 12.1 Å². The SMILES string of the molecule is N=C(N)c1ccc(Cl)cc1Oc1ccc2c(c1)CCC2. The first-order chi connectivity index (χ1) is 9.63. The van der Waals surface area contributed by atoms with E-state index >= 15 is 0 Å². The van der Waals surface area contributed by atoms with Gasteiger partial charge in [-0.3, -0.25) is 5.41 Å². The van der Waals surface area contributed by atoms with Gasteiger partial charge in [0.05, 0.1) is 5.56 Å². The van der Waals surface area contributed by atoms with E-state index < -0.39 is 0 Å². The van der Waals surface area contributed by atoms with Crippen LogP contribution in [0, 0.1) is 5.41 Å². The predicted octanol–water partition coefficient (Wildman–Crippen LogP) is 3.91. The molecule has 20 heavy (non-hydrogen) atoms. The van der Waals surface area contributed by atoms with Crippen LogP contribution in [0.15, 0.2) is 36.4 Å². The third-order valence-corrected chi connectivity index (χ3v) is 3.77. The molecule has 4 heteroatoms. The molecule has 2 aromatic rings. The van der Waals surface area contributed by atoms with Crippen molar-refractivity contribution < 1.29 is 4.74 Å². The molecule has 0 aliphatic heterocycles. The summed E-state index contributed by atoms with van der Waals surface area (Å²) in [6.45, 7) is 0. The quantitative estimate of drug-likeness (QED) is 0.664. The zero-order valence-corrected chi connectivity index (χ0v) is 11.7. The van der Waals surface area contributed by atoms with Gasteiger partial charge in [-0.25, -0.2) is 0 Å². The number of nitrogens with one attached hydrogen (secondary N) is 1. The molecule has 1 aliphatic carbocycles. The van der Waals surface area contributed by atoms with Crippen molar-refractivity contribution in [3.05, 3.63) is 58.1 Å². The molecule has 0 bridgehead atoms. The second-order valence-corrected chi connectivity index (χ2v) is 5.38. The highest BCUT2D eigenvalue weighted by atomic mass is 35.5. The molecular weight excluding hydrogens is 272 g/mol. The molecule has 0 atom stereocenters. The highest BCUT2D eigenvalue weighted by Crippen LogP contribution is 2.31. The molecule has 3 rings (SSSR count). The molecule has 0 unspecified atom stereocenters. The van der Waals surface area contributed by atoms with E-state index in [4.69, 9.17) is 27.5 Å². The molecule has 0 spiro atoms. The van der Waals surface area contributed by atoms with Gasteiger partial charge in [0.25, 0.3) is 0 Å². The number of benzene rings is 2. The normalized spacial score (nSPS) is 13.1. The van der Waals surface area contributed by atoms with E-state index in [1.54, 1.807) is 18.2 Å². The van der Waals surface area contributed by atoms with Crippen LogP contribution >= 0.6 is 11.6 Å². The van der Waals surface area contributed by atoms with Crippen LogP contribution in [0.25, 0.3) is 0 Å². The maximum absolute atomic E-state index is 7.59. The summed E-state index contributed by atoms with van der Waals surface area (Å²) in [7, 11) is 0. The lowest BCUT2D eigenvalue weighted by Crippen LogP contribution is -2.12. The number of hydrogen-bond acceptors (Lipinski definition) is 2. The fourth-order valence-corrected chi connectivity index (χ4v) is 2.70. The van der Waals surface area contributed by atoms with Crippen LogP contribution in [-0.2, 0) is 12.8 Å². The summed E-state index contributed by atoms with van der Waals surface area (Å²) in [4.78, 5) is 0. The Labute approximate surface area is 122 Å². The Morgan fingerprint density at radius 3 is 2.70 bits per heavy atom. The molecule has 0 radical (unpaired) electrons. The molecule has 0 heterocycles. The van der Waals surface area contributed by atoms with E-state index in [1.165, 1.54) is 17.5 Å². The predicted molar refractivity (Wildman–Crippen MR) is 81.0 cm³/mol. The molecule has 3 N–H and O–H groups in total. The molecule has 0 amide bonds. The third kappa shape index (κ3) is 2.49. The summed E-state index contributed by atoms with van der Waals surface area (Å²) in [5.41, 5.74) is 8.86. The third-order valence-electron chi connectivity index (χ3n) is 3.53. The van der Waals surface area contributed by atoms with Gasteiger partial charge in [-0.1, -0.05) is 17.7 Å². The monoisotopic (exact) mass is 286 g/mol. The Kier molecular flexibility index (Phi) is 3.36. The van der Waals surface area contributed by atoms with Crippen LogP contribution in [0.4, 0.5) is 0 Å². The number of hydrogen-bond donors (Lipinski definition) is 2. The molecule has 0 aromatic heterocycles. The number of halogens is 1. The fourth-order valence-electron chi connectivity index (χ4n) is 2.54. The van der Waals surface area contributed by atoms with Gasteiger partial charge in [-0.15, -0.1) is 0 Å². The average molecular weight is 287 g/mol. The van der Waals surface area contributed by atoms with Crippen LogP contribution in [0.3, 0.4) is 0 Å². The zero-order chi connectivity index (χ0) is 14.1. The number of fused-ring (bicyclic) bond motifs is 1. The average Bonchev–Trinajstić information content (AvgIpc) is 2.85. The smallest absolute Gasteiger partial charge is 0.139 e. The van der Waals surface area contributed by atoms with Crippen molar-refractivity contribution >= 4 is 17.4 Å². The first-order valence-corrected chi connectivity index (χ1v) is 6.95. The van der Waals surface area contributed by atoms with Gasteiger partial charge in [0.2, 0.25) is 0 Å². The zero-order valence-electron chi connectivity index (χ0n) is 10.9. The van der Waals surface area contributed by atoms with Gasteiger partial charge < -0.3 is 10.5 Å². The molecule has 0 saturated carbocycles. The Bertz CT molecular complexity index is 682. The molecule has 102 valence electrons. The van der Waals surface area contributed by atoms with Gasteiger partial charge in [-0.05, 0) is 54.7 Å². The minimum absolute atomic E-state index is 0.0298. The molecule has 0 saturated heterocycles. The Hall–Kier alpha value is -2.00. The summed E-state index contributed by atoms with van der Waals surface area (Å²) in [6.07, 6.45) is 3.45. The fraction of sp³-hybridized carbons (Fsp3) is 0.188. The van der Waals surface area contributed by atoms with E-state index in [-0.39, 0.29) is 5.84 Å². The minimum Gasteiger partial charge on any atom is -0.457 e. The maximum atomic E-state index is 7.59. The summed E-state index contributed by atoms with van der Waals surface area (Å²) in [6, 6.07) is 11.2. The van der Waals surface area contributed by atoms with Crippen molar-refractivity contribution in [2.75, 3.05) is 0 Å². The lowest BCUT2D eigenvalue weighted by Gasteiger charge is -2.12. The molecule has 0 fully saturated rings. The highest BCUT2D eigenvalue weighted by Gasteiger charge is 2.13. The summed E-state index contributed by atoms with van der Waals surface area (Å²) in [5.74, 6) is 1.25. The minimum atomic E-state index is -0.0298. The summed E-state index contributed by atoms with van der Waals surface area (Å²) in [5, 5.41) is 8.15. The molecule has 2 aromatic carbocycles. The number of rotatable bonds is 3. The van der Waals surface area contributed by atoms with Gasteiger partial charge in [0.15, 0.2) is 0 Å². The van der Waals surface area contributed by atoms with Crippen LogP contribution in [0.1, 0.15) is 23.1 Å². The van der Waals surface area contributed by atoms with Crippen LogP contribution in [-0.4, -0.2) is 5.84 Å². The largest absolute Gasteiger partial charge is 0.457 e. The van der Waals surface area contributed by atoms with Gasteiger partial charge in [0.1, 0.15) is 17.3 Å². The van der Waals surface area contributed by atoms with Crippen LogP contribution in [0.5, 0.6) is 11.5 Å². The van der Waals surface area contributed by atoms with Crippen molar-refractivity contribution in [2.24, 2.45) is 5.73 Å². The lowest BCUT2D eigenvalue weighted by molar-refractivity contribution is 0.481.